The molecule has 3 nitrogen and oxygen atoms in total. The van der Waals surface area contributed by atoms with Crippen LogP contribution >= 0.6 is 0 Å². The van der Waals surface area contributed by atoms with Crippen molar-refractivity contribution in [1.29, 1.82) is 0 Å². The molecule has 1 aromatic carbocycles. The molecule has 0 aliphatic rings. The van der Waals surface area contributed by atoms with Gasteiger partial charge in [-0.05, 0) is 29.5 Å². The third-order valence-electron chi connectivity index (χ3n) is 3.00. The van der Waals surface area contributed by atoms with Crippen LogP contribution in [0.4, 0.5) is 5.69 Å². The average Bonchev–Trinajstić information content (AvgIpc) is 2.27. The first-order chi connectivity index (χ1) is 8.88. The number of nitrogens with two attached hydrogens (primary N) is 1. The van der Waals surface area contributed by atoms with Crippen LogP contribution < -0.4 is 5.73 Å². The van der Waals surface area contributed by atoms with E-state index in [2.05, 4.69) is 32.6 Å². The van der Waals surface area contributed by atoms with Crippen molar-refractivity contribution < 1.29 is 5.11 Å². The van der Waals surface area contributed by atoms with Crippen molar-refractivity contribution >= 4 is 5.69 Å². The Morgan fingerprint density at radius 3 is 1.84 bits per heavy atom. The third kappa shape index (κ3) is 6.08. The number of rotatable bonds is 7. The Bertz CT molecular complexity index is 350. The molecule has 0 spiro atoms. The lowest BCUT2D eigenvalue weighted by atomic mass is 10.1. The minimum atomic E-state index is -0.446. The van der Waals surface area contributed by atoms with Crippen molar-refractivity contribution in [2.75, 3.05) is 25.4 Å². The van der Waals surface area contributed by atoms with E-state index in [0.717, 1.165) is 24.3 Å². The first-order valence-corrected chi connectivity index (χ1v) is 7.14. The molecule has 0 fully saturated rings. The summed E-state index contributed by atoms with van der Waals surface area (Å²) < 4.78 is 0. The number of aliphatic hydroxyl groups is 1. The van der Waals surface area contributed by atoms with E-state index in [9.17, 15) is 5.11 Å². The summed E-state index contributed by atoms with van der Waals surface area (Å²) in [7, 11) is 0. The number of aliphatic hydroxyl groups excluding tert-OH is 1. The molecule has 3 heteroatoms. The van der Waals surface area contributed by atoms with Gasteiger partial charge in [0.15, 0.2) is 0 Å². The molecule has 0 bridgehead atoms. The summed E-state index contributed by atoms with van der Waals surface area (Å²) in [5, 5.41) is 10.3. The lowest BCUT2D eigenvalue weighted by Crippen LogP contribution is -2.35. The molecule has 0 aromatic heterocycles. The Morgan fingerprint density at radius 2 is 1.42 bits per heavy atom. The highest BCUT2D eigenvalue weighted by atomic mass is 16.3. The van der Waals surface area contributed by atoms with Crippen molar-refractivity contribution in [2.24, 2.45) is 11.8 Å². The van der Waals surface area contributed by atoms with Gasteiger partial charge < -0.3 is 10.8 Å². The van der Waals surface area contributed by atoms with Crippen molar-refractivity contribution in [1.82, 2.24) is 4.90 Å². The molecule has 108 valence electrons. The van der Waals surface area contributed by atoms with E-state index in [0.29, 0.717) is 18.4 Å². The number of hydrogen-bond acceptors (Lipinski definition) is 3. The van der Waals surface area contributed by atoms with Crippen molar-refractivity contribution in [3.05, 3.63) is 29.8 Å². The van der Waals surface area contributed by atoms with Gasteiger partial charge in [-0.2, -0.15) is 0 Å². The van der Waals surface area contributed by atoms with E-state index >= 15 is 0 Å². The van der Waals surface area contributed by atoms with Crippen LogP contribution in [0.15, 0.2) is 24.3 Å². The summed E-state index contributed by atoms with van der Waals surface area (Å²) in [6.45, 7) is 11.6. The van der Waals surface area contributed by atoms with Gasteiger partial charge >= 0.3 is 0 Å². The molecule has 0 aliphatic heterocycles. The molecule has 0 amide bonds. The number of anilines is 1. The van der Waals surface area contributed by atoms with Gasteiger partial charge in [0.1, 0.15) is 0 Å². The van der Waals surface area contributed by atoms with Gasteiger partial charge in [-0.1, -0.05) is 39.8 Å². The van der Waals surface area contributed by atoms with Crippen LogP contribution in [-0.2, 0) is 0 Å². The highest BCUT2D eigenvalue weighted by molar-refractivity contribution is 5.39. The maximum atomic E-state index is 10.3. The SMILES string of the molecule is CC(C)CN(CC(C)C)CC(O)c1ccc(N)cc1. The standard InChI is InChI=1S/C16H28N2O/c1-12(2)9-18(10-13(3)4)11-16(19)14-5-7-15(17)8-6-14/h5-8,12-13,16,19H,9-11,17H2,1-4H3. The summed E-state index contributed by atoms with van der Waals surface area (Å²) >= 11 is 0. The Kier molecular flexibility index (Phi) is 6.32. The summed E-state index contributed by atoms with van der Waals surface area (Å²) in [4.78, 5) is 2.34. The molecule has 1 rings (SSSR count). The fourth-order valence-corrected chi connectivity index (χ4v) is 2.32. The van der Waals surface area contributed by atoms with Gasteiger partial charge in [0.25, 0.3) is 0 Å². The fourth-order valence-electron chi connectivity index (χ4n) is 2.32. The van der Waals surface area contributed by atoms with E-state index < -0.39 is 6.10 Å². The van der Waals surface area contributed by atoms with Crippen LogP contribution in [-0.4, -0.2) is 29.6 Å². The number of nitrogens with zero attached hydrogens (tertiary/aromatic N) is 1. The van der Waals surface area contributed by atoms with Crippen LogP contribution in [0, 0.1) is 11.8 Å². The highest BCUT2D eigenvalue weighted by Crippen LogP contribution is 2.17. The zero-order chi connectivity index (χ0) is 14.4. The number of hydrogen-bond donors (Lipinski definition) is 2. The Hall–Kier alpha value is -1.06. The van der Waals surface area contributed by atoms with Gasteiger partial charge in [0.05, 0.1) is 6.10 Å². The van der Waals surface area contributed by atoms with Crippen molar-refractivity contribution in [2.45, 2.75) is 33.8 Å². The van der Waals surface area contributed by atoms with E-state index in [-0.39, 0.29) is 0 Å². The molecule has 0 heterocycles. The normalized spacial score (nSPS) is 13.5. The van der Waals surface area contributed by atoms with Gasteiger partial charge in [0, 0.05) is 25.3 Å². The molecule has 1 atom stereocenters. The van der Waals surface area contributed by atoms with Crippen LogP contribution in [0.3, 0.4) is 0 Å². The topological polar surface area (TPSA) is 49.5 Å². The first-order valence-electron chi connectivity index (χ1n) is 7.14. The lowest BCUT2D eigenvalue weighted by Gasteiger charge is -2.28. The first kappa shape index (κ1) is 16.0. The number of benzene rings is 1. The Morgan fingerprint density at radius 1 is 0.947 bits per heavy atom. The van der Waals surface area contributed by atoms with E-state index in [4.69, 9.17) is 5.73 Å². The molecule has 0 aliphatic carbocycles. The predicted molar refractivity (Wildman–Crippen MR) is 81.9 cm³/mol. The maximum absolute atomic E-state index is 10.3. The maximum Gasteiger partial charge on any atom is 0.0916 e. The molecule has 3 N–H and O–H groups in total. The molecule has 1 unspecified atom stereocenters. The summed E-state index contributed by atoms with van der Waals surface area (Å²) in [6.07, 6.45) is -0.446. The molecule has 0 radical (unpaired) electrons. The largest absolute Gasteiger partial charge is 0.399 e. The van der Waals surface area contributed by atoms with Crippen molar-refractivity contribution in [3.63, 3.8) is 0 Å². The molecule has 0 saturated carbocycles. The molecular formula is C16H28N2O. The molecule has 19 heavy (non-hydrogen) atoms. The Labute approximate surface area is 117 Å². The smallest absolute Gasteiger partial charge is 0.0916 e. The van der Waals surface area contributed by atoms with Gasteiger partial charge in [0.2, 0.25) is 0 Å². The lowest BCUT2D eigenvalue weighted by molar-refractivity contribution is 0.0987. The average molecular weight is 264 g/mol. The second-order valence-electron chi connectivity index (χ2n) is 6.19. The van der Waals surface area contributed by atoms with Crippen LogP contribution in [0.2, 0.25) is 0 Å². The molecular weight excluding hydrogens is 236 g/mol. The van der Waals surface area contributed by atoms with E-state index in [1.807, 2.05) is 24.3 Å². The van der Waals surface area contributed by atoms with Crippen molar-refractivity contribution in [3.8, 4) is 0 Å². The second kappa shape index (κ2) is 7.51. The van der Waals surface area contributed by atoms with Crippen LogP contribution in [0.1, 0.15) is 39.4 Å². The highest BCUT2D eigenvalue weighted by Gasteiger charge is 2.15. The fraction of sp³-hybridized carbons (Fsp3) is 0.625. The summed E-state index contributed by atoms with van der Waals surface area (Å²) in [5.74, 6) is 1.22. The predicted octanol–water partition coefficient (Wildman–Crippen LogP) is 2.92. The van der Waals surface area contributed by atoms with Gasteiger partial charge in [-0.15, -0.1) is 0 Å². The van der Waals surface area contributed by atoms with Gasteiger partial charge in [-0.3, -0.25) is 4.90 Å². The van der Waals surface area contributed by atoms with E-state index in [1.54, 1.807) is 0 Å². The van der Waals surface area contributed by atoms with Gasteiger partial charge in [-0.25, -0.2) is 0 Å². The summed E-state index contributed by atoms with van der Waals surface area (Å²) in [5.41, 5.74) is 7.34. The minimum Gasteiger partial charge on any atom is -0.399 e. The summed E-state index contributed by atoms with van der Waals surface area (Å²) in [6, 6.07) is 7.49. The third-order valence-corrected chi connectivity index (χ3v) is 3.00. The quantitative estimate of drug-likeness (QED) is 0.744. The zero-order valence-corrected chi connectivity index (χ0v) is 12.6. The zero-order valence-electron chi connectivity index (χ0n) is 12.6. The second-order valence-corrected chi connectivity index (χ2v) is 6.19. The minimum absolute atomic E-state index is 0.446. The molecule has 0 saturated heterocycles. The van der Waals surface area contributed by atoms with Crippen LogP contribution in [0.5, 0.6) is 0 Å². The monoisotopic (exact) mass is 264 g/mol. The van der Waals surface area contributed by atoms with E-state index in [1.165, 1.54) is 0 Å². The number of nitrogen functional groups attached to an aromatic ring is 1. The van der Waals surface area contributed by atoms with Crippen LogP contribution in [0.25, 0.3) is 0 Å². The Balaban J connectivity index is 2.63. The molecule has 1 aromatic rings.